The summed E-state index contributed by atoms with van der Waals surface area (Å²) in [5, 5.41) is 21.5. The Kier molecular flexibility index (Phi) is 5.60. The van der Waals surface area contributed by atoms with E-state index in [2.05, 4.69) is 0 Å². The van der Waals surface area contributed by atoms with E-state index in [0.717, 1.165) is 36.4 Å². The third-order valence-corrected chi connectivity index (χ3v) is 5.23. The lowest BCUT2D eigenvalue weighted by Crippen LogP contribution is -2.03. The number of rotatable bonds is 6. The quantitative estimate of drug-likeness (QED) is 0.296. The van der Waals surface area contributed by atoms with E-state index in [9.17, 15) is 46.2 Å². The van der Waals surface area contributed by atoms with Crippen molar-refractivity contribution in [3.05, 3.63) is 67.8 Å². The Morgan fingerprint density at radius 3 is 1.29 bits per heavy atom. The molecule has 0 bridgehead atoms. The molecule has 0 fully saturated rings. The summed E-state index contributed by atoms with van der Waals surface area (Å²) in [7, 11) is -9.73. The minimum Gasteiger partial charge on any atom is -0.282 e. The molecule has 0 aliphatic rings. The Labute approximate surface area is 157 Å². The molecule has 0 amide bonds. The summed E-state index contributed by atoms with van der Waals surface area (Å²) in [6.45, 7) is 0. The predicted octanol–water partition coefficient (Wildman–Crippen LogP) is 2.17. The zero-order chi connectivity index (χ0) is 21.3. The highest BCUT2D eigenvalue weighted by atomic mass is 32.2. The lowest BCUT2D eigenvalue weighted by atomic mass is 10.1. The molecule has 0 aliphatic carbocycles. The summed E-state index contributed by atoms with van der Waals surface area (Å²) < 4.78 is 64.4. The van der Waals surface area contributed by atoms with Gasteiger partial charge in [0.25, 0.3) is 31.6 Å². The highest BCUT2D eigenvalue weighted by Gasteiger charge is 2.21. The average molecular weight is 430 g/mol. The van der Waals surface area contributed by atoms with E-state index >= 15 is 0 Å². The van der Waals surface area contributed by atoms with Gasteiger partial charge in [-0.15, -0.1) is 0 Å². The Bertz CT molecular complexity index is 1120. The number of hydrogen-bond acceptors (Lipinski definition) is 8. The molecule has 2 aromatic carbocycles. The number of benzene rings is 2. The van der Waals surface area contributed by atoms with Crippen molar-refractivity contribution in [1.82, 2.24) is 0 Å². The van der Waals surface area contributed by atoms with Crippen molar-refractivity contribution in [2.75, 3.05) is 0 Å². The SMILES string of the molecule is O=[N+]([O-])c1ccc(/C=C/c2ccc([N+](=O)[O-])cc2S(=O)(=O)O)c(S(=O)(=O)O)c1. The van der Waals surface area contributed by atoms with Crippen LogP contribution in [0, 0.1) is 20.2 Å². The van der Waals surface area contributed by atoms with E-state index in [1.807, 2.05) is 0 Å². The normalized spacial score (nSPS) is 12.2. The highest BCUT2D eigenvalue weighted by molar-refractivity contribution is 7.86. The van der Waals surface area contributed by atoms with Crippen LogP contribution in [-0.2, 0) is 20.2 Å². The minimum atomic E-state index is -4.86. The Balaban J connectivity index is 2.64. The van der Waals surface area contributed by atoms with Crippen LogP contribution in [-0.4, -0.2) is 35.8 Å². The highest BCUT2D eigenvalue weighted by Crippen LogP contribution is 2.27. The van der Waals surface area contributed by atoms with Gasteiger partial charge in [0, 0.05) is 24.3 Å². The van der Waals surface area contributed by atoms with Crippen LogP contribution >= 0.6 is 0 Å². The van der Waals surface area contributed by atoms with Gasteiger partial charge in [0.05, 0.1) is 9.85 Å². The molecule has 2 N–H and O–H groups in total. The summed E-state index contributed by atoms with van der Waals surface area (Å²) in [6, 6.07) is 5.11. The van der Waals surface area contributed by atoms with Gasteiger partial charge in [-0.25, -0.2) is 0 Å². The molecule has 0 saturated heterocycles. The second-order valence-electron chi connectivity index (χ2n) is 5.24. The third-order valence-electron chi connectivity index (χ3n) is 3.41. The molecule has 0 spiro atoms. The first kappa shape index (κ1) is 21.1. The second kappa shape index (κ2) is 7.43. The maximum Gasteiger partial charge on any atom is 0.295 e. The Morgan fingerprint density at radius 1 is 0.714 bits per heavy atom. The van der Waals surface area contributed by atoms with Gasteiger partial charge in [-0.1, -0.05) is 12.2 Å². The first-order valence-electron chi connectivity index (χ1n) is 7.00. The molecule has 0 saturated carbocycles. The van der Waals surface area contributed by atoms with Crippen molar-refractivity contribution in [3.63, 3.8) is 0 Å². The average Bonchev–Trinajstić information content (AvgIpc) is 2.57. The number of nitro groups is 2. The largest absolute Gasteiger partial charge is 0.295 e. The van der Waals surface area contributed by atoms with E-state index in [-0.39, 0.29) is 11.1 Å². The van der Waals surface area contributed by atoms with Crippen LogP contribution < -0.4 is 0 Å². The van der Waals surface area contributed by atoms with E-state index in [0.29, 0.717) is 12.1 Å². The predicted molar refractivity (Wildman–Crippen MR) is 94.8 cm³/mol. The molecule has 0 aliphatic heterocycles. The van der Waals surface area contributed by atoms with Crippen LogP contribution in [0.1, 0.15) is 11.1 Å². The summed E-state index contributed by atoms with van der Waals surface area (Å²) in [5.74, 6) is 0. The van der Waals surface area contributed by atoms with Gasteiger partial charge in [-0.2, -0.15) is 16.8 Å². The van der Waals surface area contributed by atoms with Crippen LogP contribution in [0.3, 0.4) is 0 Å². The van der Waals surface area contributed by atoms with Crippen molar-refractivity contribution < 1.29 is 35.8 Å². The zero-order valence-corrected chi connectivity index (χ0v) is 15.1. The van der Waals surface area contributed by atoms with Crippen molar-refractivity contribution in [2.24, 2.45) is 0 Å². The maximum absolute atomic E-state index is 11.5. The number of nitro benzene ring substituents is 2. The Morgan fingerprint density at radius 2 is 1.04 bits per heavy atom. The fourth-order valence-corrected chi connectivity index (χ4v) is 3.58. The van der Waals surface area contributed by atoms with Gasteiger partial charge in [-0.05, 0) is 23.3 Å². The standard InChI is InChI=1S/C14H10N2O10S2/c17-15(18)11-5-3-9(13(7-11)27(21,22)23)1-2-10-4-6-12(16(19)20)8-14(10)28(24,25)26/h1-8H,(H,21,22,23)(H,24,25,26)/b2-1+. The van der Waals surface area contributed by atoms with Crippen LogP contribution in [0.5, 0.6) is 0 Å². The molecule has 12 nitrogen and oxygen atoms in total. The smallest absolute Gasteiger partial charge is 0.282 e. The monoisotopic (exact) mass is 430 g/mol. The summed E-state index contributed by atoms with van der Waals surface area (Å²) in [4.78, 5) is 18.2. The molecular formula is C14H10N2O10S2. The van der Waals surface area contributed by atoms with Gasteiger partial charge >= 0.3 is 0 Å². The topological polar surface area (TPSA) is 195 Å². The number of nitrogens with zero attached hydrogens (tertiary/aromatic N) is 2. The molecule has 148 valence electrons. The molecule has 14 heteroatoms. The Hall–Kier alpha value is -3.20. The number of non-ortho nitro benzene ring substituents is 2. The first-order valence-corrected chi connectivity index (χ1v) is 9.88. The van der Waals surface area contributed by atoms with Gasteiger partial charge in [0.15, 0.2) is 0 Å². The van der Waals surface area contributed by atoms with Crippen molar-refractivity contribution in [2.45, 2.75) is 9.79 Å². The van der Waals surface area contributed by atoms with Crippen molar-refractivity contribution in [3.8, 4) is 0 Å². The van der Waals surface area contributed by atoms with Crippen LogP contribution in [0.4, 0.5) is 11.4 Å². The lowest BCUT2D eigenvalue weighted by Gasteiger charge is -2.05. The van der Waals surface area contributed by atoms with E-state index in [4.69, 9.17) is 0 Å². The zero-order valence-electron chi connectivity index (χ0n) is 13.5. The fraction of sp³-hybridized carbons (Fsp3) is 0. The van der Waals surface area contributed by atoms with Gasteiger partial charge < -0.3 is 0 Å². The second-order valence-corrected chi connectivity index (χ2v) is 8.02. The molecule has 0 aromatic heterocycles. The molecule has 0 radical (unpaired) electrons. The van der Waals surface area contributed by atoms with E-state index < -0.39 is 51.2 Å². The molecule has 2 aromatic rings. The molecule has 28 heavy (non-hydrogen) atoms. The molecule has 0 atom stereocenters. The van der Waals surface area contributed by atoms with Crippen molar-refractivity contribution in [1.29, 1.82) is 0 Å². The van der Waals surface area contributed by atoms with Crippen LogP contribution in [0.15, 0.2) is 46.2 Å². The molecule has 0 unspecified atom stereocenters. The van der Waals surface area contributed by atoms with E-state index in [1.165, 1.54) is 0 Å². The molecular weight excluding hydrogens is 420 g/mol. The van der Waals surface area contributed by atoms with Crippen LogP contribution in [0.25, 0.3) is 12.2 Å². The van der Waals surface area contributed by atoms with Crippen LogP contribution in [0.2, 0.25) is 0 Å². The number of hydrogen-bond donors (Lipinski definition) is 2. The summed E-state index contributed by atoms with van der Waals surface area (Å²) >= 11 is 0. The fourth-order valence-electron chi connectivity index (χ4n) is 2.17. The van der Waals surface area contributed by atoms with Gasteiger partial charge in [0.1, 0.15) is 9.79 Å². The lowest BCUT2D eigenvalue weighted by molar-refractivity contribution is -0.385. The van der Waals surface area contributed by atoms with E-state index in [1.54, 1.807) is 0 Å². The van der Waals surface area contributed by atoms with Gasteiger partial charge in [-0.3, -0.25) is 29.3 Å². The minimum absolute atomic E-state index is 0.229. The third kappa shape index (κ3) is 4.74. The molecule has 0 heterocycles. The summed E-state index contributed by atoms with van der Waals surface area (Å²) in [6.07, 6.45) is 2.01. The molecule has 2 rings (SSSR count). The van der Waals surface area contributed by atoms with Gasteiger partial charge in [0.2, 0.25) is 0 Å². The maximum atomic E-state index is 11.5. The van der Waals surface area contributed by atoms with Crippen molar-refractivity contribution >= 4 is 43.8 Å². The summed E-state index contributed by atoms with van der Waals surface area (Å²) in [5.41, 5.74) is -1.68. The first-order chi connectivity index (χ1) is 12.8.